The molecule has 7 nitrogen and oxygen atoms in total. The standard InChI is InChI=1S/C11H10N6O/c1-16-11(18)6-10(13-16)8-3-2-4-9(5-8)17-7-12-14-15-17/h2-5,7H,6H2,1H3. The number of benzene rings is 1. The van der Waals surface area contributed by atoms with Gasteiger partial charge in [0.2, 0.25) is 5.91 Å². The van der Waals surface area contributed by atoms with E-state index in [4.69, 9.17) is 0 Å². The van der Waals surface area contributed by atoms with E-state index in [2.05, 4.69) is 20.6 Å². The van der Waals surface area contributed by atoms with Crippen LogP contribution in [0.25, 0.3) is 5.69 Å². The van der Waals surface area contributed by atoms with Crippen LogP contribution in [0.1, 0.15) is 12.0 Å². The highest BCUT2D eigenvalue weighted by Crippen LogP contribution is 2.16. The van der Waals surface area contributed by atoms with Crippen LogP contribution in [0.4, 0.5) is 0 Å². The van der Waals surface area contributed by atoms with E-state index in [9.17, 15) is 4.79 Å². The summed E-state index contributed by atoms with van der Waals surface area (Å²) in [5, 5.41) is 16.6. The van der Waals surface area contributed by atoms with Crippen LogP contribution in [0, 0.1) is 0 Å². The fraction of sp³-hybridized carbons (Fsp3) is 0.182. The summed E-state index contributed by atoms with van der Waals surface area (Å²) in [5.41, 5.74) is 2.50. The Hall–Kier alpha value is -2.57. The molecule has 0 radical (unpaired) electrons. The minimum atomic E-state index is -0.00201. The Bertz CT molecular complexity index is 618. The van der Waals surface area contributed by atoms with Gasteiger partial charge in [-0.2, -0.15) is 5.10 Å². The summed E-state index contributed by atoms with van der Waals surface area (Å²) in [5.74, 6) is -0.00201. The molecule has 0 unspecified atom stereocenters. The highest BCUT2D eigenvalue weighted by Gasteiger charge is 2.21. The average molecular weight is 242 g/mol. The van der Waals surface area contributed by atoms with Crippen LogP contribution in [0.3, 0.4) is 0 Å². The molecule has 0 spiro atoms. The molecule has 0 saturated carbocycles. The summed E-state index contributed by atoms with van der Waals surface area (Å²) >= 11 is 0. The van der Waals surface area contributed by atoms with Crippen LogP contribution >= 0.6 is 0 Å². The minimum absolute atomic E-state index is 0.00201. The number of tetrazole rings is 1. The van der Waals surface area contributed by atoms with Crippen molar-refractivity contribution in [3.05, 3.63) is 36.2 Å². The first-order chi connectivity index (χ1) is 8.74. The summed E-state index contributed by atoms with van der Waals surface area (Å²) in [6.07, 6.45) is 1.85. The molecule has 0 atom stereocenters. The Balaban J connectivity index is 1.98. The average Bonchev–Trinajstić information content (AvgIpc) is 3.01. The molecule has 1 aromatic carbocycles. The molecule has 7 heteroatoms. The smallest absolute Gasteiger partial charge is 0.248 e. The number of carbonyl (C=O) groups is 1. The molecule has 1 aliphatic rings. The first kappa shape index (κ1) is 10.6. The van der Waals surface area contributed by atoms with E-state index in [0.29, 0.717) is 6.42 Å². The van der Waals surface area contributed by atoms with Crippen molar-refractivity contribution in [3.8, 4) is 5.69 Å². The zero-order chi connectivity index (χ0) is 12.5. The van der Waals surface area contributed by atoms with Gasteiger partial charge in [0.05, 0.1) is 17.8 Å². The Morgan fingerprint density at radius 3 is 2.89 bits per heavy atom. The first-order valence-corrected chi connectivity index (χ1v) is 5.42. The van der Waals surface area contributed by atoms with Crippen molar-refractivity contribution in [2.24, 2.45) is 5.10 Å². The number of hydrogen-bond donors (Lipinski definition) is 0. The van der Waals surface area contributed by atoms with Gasteiger partial charge >= 0.3 is 0 Å². The molecule has 2 aromatic rings. The molecule has 0 bridgehead atoms. The van der Waals surface area contributed by atoms with Gasteiger partial charge < -0.3 is 0 Å². The van der Waals surface area contributed by atoms with E-state index in [1.165, 1.54) is 11.3 Å². The van der Waals surface area contributed by atoms with Gasteiger partial charge in [0, 0.05) is 12.6 Å². The van der Waals surface area contributed by atoms with E-state index in [1.54, 1.807) is 11.7 Å². The van der Waals surface area contributed by atoms with Crippen molar-refractivity contribution in [2.75, 3.05) is 7.05 Å². The molecule has 0 fully saturated rings. The molecular weight excluding hydrogens is 232 g/mol. The second kappa shape index (κ2) is 4.02. The molecule has 1 aliphatic heterocycles. The lowest BCUT2D eigenvalue weighted by atomic mass is 10.1. The second-order valence-corrected chi connectivity index (χ2v) is 3.95. The Kier molecular flexibility index (Phi) is 2.36. The maximum Gasteiger partial charge on any atom is 0.248 e. The molecule has 0 saturated heterocycles. The van der Waals surface area contributed by atoms with Crippen LogP contribution in [-0.2, 0) is 4.79 Å². The third kappa shape index (κ3) is 1.75. The van der Waals surface area contributed by atoms with Crippen molar-refractivity contribution < 1.29 is 4.79 Å². The van der Waals surface area contributed by atoms with Gasteiger partial charge in [0.1, 0.15) is 6.33 Å². The highest BCUT2D eigenvalue weighted by molar-refractivity contribution is 6.13. The van der Waals surface area contributed by atoms with Crippen molar-refractivity contribution in [3.63, 3.8) is 0 Å². The lowest BCUT2D eigenvalue weighted by Gasteiger charge is -2.03. The van der Waals surface area contributed by atoms with Crippen LogP contribution in [0.5, 0.6) is 0 Å². The third-order valence-corrected chi connectivity index (χ3v) is 2.74. The fourth-order valence-corrected chi connectivity index (χ4v) is 1.80. The topological polar surface area (TPSA) is 76.3 Å². The number of hydrogen-bond acceptors (Lipinski definition) is 5. The lowest BCUT2D eigenvalue weighted by Crippen LogP contribution is -2.14. The molecule has 0 N–H and O–H groups in total. The number of amides is 1. The first-order valence-electron chi connectivity index (χ1n) is 5.42. The summed E-state index contributed by atoms with van der Waals surface area (Å²) in [6, 6.07) is 7.60. The molecule has 1 aromatic heterocycles. The zero-order valence-corrected chi connectivity index (χ0v) is 9.69. The van der Waals surface area contributed by atoms with Gasteiger partial charge in [0.25, 0.3) is 0 Å². The van der Waals surface area contributed by atoms with Crippen LogP contribution in [0.2, 0.25) is 0 Å². The van der Waals surface area contributed by atoms with Gasteiger partial charge in [-0.3, -0.25) is 4.79 Å². The van der Waals surface area contributed by atoms with Crippen molar-refractivity contribution in [1.82, 2.24) is 25.2 Å². The maximum atomic E-state index is 11.4. The number of nitrogens with zero attached hydrogens (tertiary/aromatic N) is 6. The van der Waals surface area contributed by atoms with E-state index in [1.807, 2.05) is 24.3 Å². The summed E-state index contributed by atoms with van der Waals surface area (Å²) < 4.78 is 1.56. The SMILES string of the molecule is CN1N=C(c2cccc(-n3cnnn3)c2)CC1=O. The van der Waals surface area contributed by atoms with Crippen LogP contribution in [-0.4, -0.2) is 43.9 Å². The molecular formula is C11H10N6O. The van der Waals surface area contributed by atoms with Gasteiger partial charge in [-0.25, -0.2) is 9.69 Å². The Morgan fingerprint density at radius 2 is 2.22 bits per heavy atom. The summed E-state index contributed by atoms with van der Waals surface area (Å²) in [4.78, 5) is 11.4. The molecule has 90 valence electrons. The van der Waals surface area contributed by atoms with Crippen molar-refractivity contribution in [1.29, 1.82) is 0 Å². The predicted molar refractivity (Wildman–Crippen MR) is 63.1 cm³/mol. The van der Waals surface area contributed by atoms with E-state index in [-0.39, 0.29) is 5.91 Å². The normalized spacial score (nSPS) is 15.1. The number of carbonyl (C=O) groups excluding carboxylic acids is 1. The monoisotopic (exact) mass is 242 g/mol. The largest absolute Gasteiger partial charge is 0.273 e. The van der Waals surface area contributed by atoms with E-state index < -0.39 is 0 Å². The summed E-state index contributed by atoms with van der Waals surface area (Å²) in [7, 11) is 1.65. The van der Waals surface area contributed by atoms with Crippen molar-refractivity contribution in [2.45, 2.75) is 6.42 Å². The van der Waals surface area contributed by atoms with E-state index in [0.717, 1.165) is 17.0 Å². The molecule has 3 rings (SSSR count). The Labute approximate surface area is 103 Å². The van der Waals surface area contributed by atoms with Gasteiger partial charge in [-0.15, -0.1) is 5.10 Å². The predicted octanol–water partition coefficient (Wildman–Crippen LogP) is 0.228. The molecule has 1 amide bonds. The highest BCUT2D eigenvalue weighted by atomic mass is 16.2. The number of rotatable bonds is 2. The minimum Gasteiger partial charge on any atom is -0.273 e. The zero-order valence-electron chi connectivity index (χ0n) is 9.69. The molecule has 18 heavy (non-hydrogen) atoms. The van der Waals surface area contributed by atoms with Gasteiger partial charge in [-0.05, 0) is 22.6 Å². The molecule has 2 heterocycles. The molecule has 0 aliphatic carbocycles. The lowest BCUT2D eigenvalue weighted by molar-refractivity contribution is -0.127. The van der Waals surface area contributed by atoms with E-state index >= 15 is 0 Å². The third-order valence-electron chi connectivity index (χ3n) is 2.74. The van der Waals surface area contributed by atoms with Gasteiger partial charge in [0.15, 0.2) is 0 Å². The fourth-order valence-electron chi connectivity index (χ4n) is 1.80. The second-order valence-electron chi connectivity index (χ2n) is 3.95. The van der Waals surface area contributed by atoms with Crippen LogP contribution < -0.4 is 0 Å². The Morgan fingerprint density at radius 1 is 1.33 bits per heavy atom. The van der Waals surface area contributed by atoms with Gasteiger partial charge in [-0.1, -0.05) is 12.1 Å². The summed E-state index contributed by atoms with van der Waals surface area (Å²) in [6.45, 7) is 0. The maximum absolute atomic E-state index is 11.4. The quantitative estimate of drug-likeness (QED) is 0.755. The number of aromatic nitrogens is 4. The number of hydrazone groups is 1. The van der Waals surface area contributed by atoms with Crippen molar-refractivity contribution >= 4 is 11.6 Å². The van der Waals surface area contributed by atoms with Crippen LogP contribution in [0.15, 0.2) is 35.7 Å².